The van der Waals surface area contributed by atoms with Crippen molar-refractivity contribution >= 4 is 11.7 Å². The van der Waals surface area contributed by atoms with Gasteiger partial charge >= 0.3 is 0 Å². The molecule has 2 aliphatic heterocycles. The Hall–Kier alpha value is -1.73. The van der Waals surface area contributed by atoms with Gasteiger partial charge in [-0.1, -0.05) is 6.92 Å². The van der Waals surface area contributed by atoms with Gasteiger partial charge in [0, 0.05) is 39.3 Å². The first-order chi connectivity index (χ1) is 11.7. The van der Waals surface area contributed by atoms with Crippen LogP contribution in [0.3, 0.4) is 0 Å². The third kappa shape index (κ3) is 4.64. The average molecular weight is 333 g/mol. The van der Waals surface area contributed by atoms with Crippen LogP contribution in [0.15, 0.2) is 12.4 Å². The van der Waals surface area contributed by atoms with Crippen LogP contribution >= 0.6 is 0 Å². The van der Waals surface area contributed by atoms with Gasteiger partial charge < -0.3 is 15.0 Å². The Balaban J connectivity index is 1.46. The third-order valence-electron chi connectivity index (χ3n) is 4.65. The fourth-order valence-electron chi connectivity index (χ4n) is 3.23. The Kier molecular flexibility index (Phi) is 5.98. The number of anilines is 1. The SMILES string of the molecule is CC1CCCN(C(=O)c2cnc(NCCN3CCOCC3)cn2)C1. The summed E-state index contributed by atoms with van der Waals surface area (Å²) in [7, 11) is 0. The minimum atomic E-state index is -0.00563. The van der Waals surface area contributed by atoms with Crippen LogP contribution in [-0.4, -0.2) is 78.2 Å². The summed E-state index contributed by atoms with van der Waals surface area (Å²) in [6.07, 6.45) is 5.50. The van der Waals surface area contributed by atoms with E-state index in [9.17, 15) is 4.79 Å². The number of rotatable bonds is 5. The fourth-order valence-corrected chi connectivity index (χ4v) is 3.23. The monoisotopic (exact) mass is 333 g/mol. The van der Waals surface area contributed by atoms with Gasteiger partial charge in [-0.05, 0) is 18.8 Å². The molecule has 1 N–H and O–H groups in total. The largest absolute Gasteiger partial charge is 0.379 e. The smallest absolute Gasteiger partial charge is 0.274 e. The Bertz CT molecular complexity index is 530. The summed E-state index contributed by atoms with van der Waals surface area (Å²) < 4.78 is 5.34. The lowest BCUT2D eigenvalue weighted by molar-refractivity contribution is 0.0398. The number of carbonyl (C=O) groups excluding carboxylic acids is 1. The normalized spacial score (nSPS) is 22.4. The van der Waals surface area contributed by atoms with E-state index in [2.05, 4.69) is 27.1 Å². The van der Waals surface area contributed by atoms with Crippen molar-refractivity contribution in [1.82, 2.24) is 19.8 Å². The van der Waals surface area contributed by atoms with Crippen molar-refractivity contribution in [2.75, 3.05) is 57.8 Å². The molecule has 7 nitrogen and oxygen atoms in total. The molecule has 1 atom stereocenters. The lowest BCUT2D eigenvalue weighted by Crippen LogP contribution is -2.39. The van der Waals surface area contributed by atoms with E-state index in [1.165, 1.54) is 6.42 Å². The van der Waals surface area contributed by atoms with Crippen molar-refractivity contribution in [2.24, 2.45) is 5.92 Å². The first kappa shape index (κ1) is 17.1. The first-order valence-corrected chi connectivity index (χ1v) is 8.87. The Labute approximate surface area is 143 Å². The molecule has 0 saturated carbocycles. The van der Waals surface area contributed by atoms with Crippen LogP contribution in [0.4, 0.5) is 5.82 Å². The number of aromatic nitrogens is 2. The molecule has 3 heterocycles. The van der Waals surface area contributed by atoms with E-state index in [0.717, 1.165) is 58.9 Å². The Morgan fingerprint density at radius 3 is 2.83 bits per heavy atom. The molecule has 7 heteroatoms. The lowest BCUT2D eigenvalue weighted by Gasteiger charge is -2.30. The molecule has 24 heavy (non-hydrogen) atoms. The second-order valence-electron chi connectivity index (χ2n) is 6.67. The van der Waals surface area contributed by atoms with E-state index in [1.807, 2.05) is 4.90 Å². The maximum absolute atomic E-state index is 12.5. The number of nitrogens with one attached hydrogen (secondary N) is 1. The van der Waals surface area contributed by atoms with Crippen LogP contribution in [0.25, 0.3) is 0 Å². The molecule has 0 radical (unpaired) electrons. The lowest BCUT2D eigenvalue weighted by atomic mass is 10.0. The fraction of sp³-hybridized carbons (Fsp3) is 0.706. The maximum Gasteiger partial charge on any atom is 0.274 e. The predicted octanol–water partition coefficient (Wildman–Crippen LogP) is 1.09. The van der Waals surface area contributed by atoms with Gasteiger partial charge in [-0.2, -0.15) is 0 Å². The summed E-state index contributed by atoms with van der Waals surface area (Å²) in [6, 6.07) is 0. The van der Waals surface area contributed by atoms with Crippen LogP contribution in [0.2, 0.25) is 0 Å². The van der Waals surface area contributed by atoms with Gasteiger partial charge in [0.1, 0.15) is 11.5 Å². The quantitative estimate of drug-likeness (QED) is 0.870. The highest BCUT2D eigenvalue weighted by Gasteiger charge is 2.23. The molecule has 1 unspecified atom stereocenters. The molecule has 1 aromatic rings. The van der Waals surface area contributed by atoms with Crippen molar-refractivity contribution in [2.45, 2.75) is 19.8 Å². The molecule has 2 saturated heterocycles. The second kappa shape index (κ2) is 8.39. The number of amides is 1. The number of hydrogen-bond donors (Lipinski definition) is 1. The third-order valence-corrected chi connectivity index (χ3v) is 4.65. The highest BCUT2D eigenvalue weighted by molar-refractivity contribution is 5.92. The molecule has 0 aromatic carbocycles. The van der Waals surface area contributed by atoms with Crippen molar-refractivity contribution in [3.8, 4) is 0 Å². The molecule has 2 fully saturated rings. The van der Waals surface area contributed by atoms with Gasteiger partial charge in [-0.25, -0.2) is 9.97 Å². The maximum atomic E-state index is 12.5. The first-order valence-electron chi connectivity index (χ1n) is 8.87. The zero-order valence-electron chi connectivity index (χ0n) is 14.4. The number of ether oxygens (including phenoxy) is 1. The van der Waals surface area contributed by atoms with Crippen LogP contribution < -0.4 is 5.32 Å². The molecule has 0 spiro atoms. The molecule has 1 amide bonds. The van der Waals surface area contributed by atoms with Gasteiger partial charge in [0.05, 0.1) is 25.6 Å². The zero-order valence-corrected chi connectivity index (χ0v) is 14.4. The molecular weight excluding hydrogens is 306 g/mol. The highest BCUT2D eigenvalue weighted by Crippen LogP contribution is 2.17. The number of hydrogen-bond acceptors (Lipinski definition) is 6. The van der Waals surface area contributed by atoms with Crippen LogP contribution in [0.1, 0.15) is 30.3 Å². The second-order valence-corrected chi connectivity index (χ2v) is 6.67. The van der Waals surface area contributed by atoms with E-state index in [0.29, 0.717) is 17.4 Å². The molecule has 1 aromatic heterocycles. The topological polar surface area (TPSA) is 70.6 Å². The summed E-state index contributed by atoms with van der Waals surface area (Å²) in [5, 5.41) is 3.26. The van der Waals surface area contributed by atoms with Gasteiger partial charge in [0.2, 0.25) is 0 Å². The van der Waals surface area contributed by atoms with Crippen LogP contribution in [-0.2, 0) is 4.74 Å². The molecule has 2 aliphatic rings. The summed E-state index contributed by atoms with van der Waals surface area (Å²) in [4.78, 5) is 25.3. The predicted molar refractivity (Wildman–Crippen MR) is 92.1 cm³/mol. The summed E-state index contributed by atoms with van der Waals surface area (Å²) in [5.41, 5.74) is 0.433. The summed E-state index contributed by atoms with van der Waals surface area (Å²) >= 11 is 0. The van der Waals surface area contributed by atoms with Crippen molar-refractivity contribution in [3.05, 3.63) is 18.1 Å². The van der Waals surface area contributed by atoms with Crippen molar-refractivity contribution < 1.29 is 9.53 Å². The van der Waals surface area contributed by atoms with E-state index in [4.69, 9.17) is 4.74 Å². The standard InChI is InChI=1S/C17H27N5O2/c1-14-3-2-5-22(13-14)17(23)15-11-20-16(12-19-15)18-4-6-21-7-9-24-10-8-21/h11-12,14H,2-10,13H2,1H3,(H,18,20). The Morgan fingerprint density at radius 2 is 2.12 bits per heavy atom. The van der Waals surface area contributed by atoms with E-state index >= 15 is 0 Å². The molecule has 132 valence electrons. The molecular formula is C17H27N5O2. The number of morpholine rings is 1. The number of likely N-dealkylation sites (tertiary alicyclic amines) is 1. The van der Waals surface area contributed by atoms with Crippen LogP contribution in [0.5, 0.6) is 0 Å². The summed E-state index contributed by atoms with van der Waals surface area (Å²) in [6.45, 7) is 9.18. The van der Waals surface area contributed by atoms with Crippen LogP contribution in [0, 0.1) is 5.92 Å². The van der Waals surface area contributed by atoms with Crippen molar-refractivity contribution in [3.63, 3.8) is 0 Å². The van der Waals surface area contributed by atoms with Gasteiger partial charge in [-0.15, -0.1) is 0 Å². The molecule has 0 bridgehead atoms. The zero-order chi connectivity index (χ0) is 16.8. The molecule has 0 aliphatic carbocycles. The number of carbonyl (C=O) groups is 1. The molecule has 3 rings (SSSR count). The number of nitrogens with zero attached hydrogens (tertiary/aromatic N) is 4. The van der Waals surface area contributed by atoms with E-state index in [-0.39, 0.29) is 5.91 Å². The van der Waals surface area contributed by atoms with Gasteiger partial charge in [-0.3, -0.25) is 9.69 Å². The van der Waals surface area contributed by atoms with E-state index < -0.39 is 0 Å². The van der Waals surface area contributed by atoms with Gasteiger partial charge in [0.25, 0.3) is 5.91 Å². The minimum absolute atomic E-state index is 0.00563. The van der Waals surface area contributed by atoms with E-state index in [1.54, 1.807) is 12.4 Å². The minimum Gasteiger partial charge on any atom is -0.379 e. The van der Waals surface area contributed by atoms with Crippen molar-refractivity contribution in [1.29, 1.82) is 0 Å². The summed E-state index contributed by atoms with van der Waals surface area (Å²) in [5.74, 6) is 1.28. The Morgan fingerprint density at radius 1 is 1.29 bits per heavy atom. The highest BCUT2D eigenvalue weighted by atomic mass is 16.5. The van der Waals surface area contributed by atoms with Gasteiger partial charge in [0.15, 0.2) is 0 Å². The number of piperidine rings is 1. The average Bonchev–Trinajstić information content (AvgIpc) is 2.63.